The van der Waals surface area contributed by atoms with Crippen LogP contribution in [0.4, 0.5) is 17.1 Å². The topological polar surface area (TPSA) is 83.4 Å². The van der Waals surface area contributed by atoms with Crippen molar-refractivity contribution < 1.29 is 14.3 Å². The van der Waals surface area contributed by atoms with Gasteiger partial charge in [-0.05, 0) is 48.5 Å². The Morgan fingerprint density at radius 2 is 1.57 bits per heavy atom. The molecule has 0 saturated carbocycles. The van der Waals surface area contributed by atoms with Crippen molar-refractivity contribution in [2.75, 3.05) is 24.4 Å². The fourth-order valence-corrected chi connectivity index (χ4v) is 2.56. The van der Waals surface area contributed by atoms with Gasteiger partial charge in [-0.1, -0.05) is 24.3 Å². The highest BCUT2D eigenvalue weighted by Gasteiger charge is 2.08. The van der Waals surface area contributed by atoms with Crippen LogP contribution in [0.3, 0.4) is 0 Å². The van der Waals surface area contributed by atoms with Crippen LogP contribution < -0.4 is 20.1 Å². The summed E-state index contributed by atoms with van der Waals surface area (Å²) in [6.45, 7) is -0.129. The van der Waals surface area contributed by atoms with Gasteiger partial charge in [-0.3, -0.25) is 4.79 Å². The number of ether oxygens (including phenoxy) is 2. The predicted molar refractivity (Wildman–Crippen MR) is 108 cm³/mol. The molecule has 0 atom stereocenters. The predicted octanol–water partition coefficient (Wildman–Crippen LogP) is 4.33. The molecule has 140 valence electrons. The first-order valence-corrected chi connectivity index (χ1v) is 8.61. The Morgan fingerprint density at radius 3 is 2.29 bits per heavy atom. The summed E-state index contributed by atoms with van der Waals surface area (Å²) >= 11 is 0. The zero-order valence-corrected chi connectivity index (χ0v) is 15.3. The summed E-state index contributed by atoms with van der Waals surface area (Å²) in [5.74, 6) is 0.806. The first kappa shape index (κ1) is 18.8. The highest BCUT2D eigenvalue weighted by molar-refractivity contribution is 5.92. The van der Waals surface area contributed by atoms with E-state index in [1.165, 1.54) is 0 Å². The number of para-hydroxylation sites is 3. The zero-order chi connectivity index (χ0) is 19.8. The molecule has 0 saturated heterocycles. The van der Waals surface area contributed by atoms with E-state index in [2.05, 4.69) is 16.7 Å². The SMILES string of the molecule is COc1ccccc1OCC(=O)Nc1ccc(Nc2ccccc2C#N)cc1. The molecule has 0 bridgehead atoms. The lowest BCUT2D eigenvalue weighted by Crippen LogP contribution is -2.20. The van der Waals surface area contributed by atoms with Gasteiger partial charge in [-0.15, -0.1) is 0 Å². The molecule has 0 radical (unpaired) electrons. The molecule has 6 heteroatoms. The molecule has 0 heterocycles. The molecule has 0 aliphatic carbocycles. The lowest BCUT2D eigenvalue weighted by Gasteiger charge is -2.11. The summed E-state index contributed by atoms with van der Waals surface area (Å²) in [6.07, 6.45) is 0. The Morgan fingerprint density at radius 1 is 0.929 bits per heavy atom. The van der Waals surface area contributed by atoms with E-state index in [1.54, 1.807) is 37.4 Å². The molecule has 28 heavy (non-hydrogen) atoms. The number of nitrogens with one attached hydrogen (secondary N) is 2. The van der Waals surface area contributed by atoms with Gasteiger partial charge in [-0.25, -0.2) is 0 Å². The molecule has 0 aliphatic heterocycles. The third-order valence-corrected chi connectivity index (χ3v) is 3.92. The second-order valence-electron chi connectivity index (χ2n) is 5.85. The summed E-state index contributed by atoms with van der Waals surface area (Å²) in [6, 6.07) is 23.8. The van der Waals surface area contributed by atoms with Gasteiger partial charge >= 0.3 is 0 Å². The van der Waals surface area contributed by atoms with Crippen LogP contribution in [0.2, 0.25) is 0 Å². The summed E-state index contributed by atoms with van der Waals surface area (Å²) < 4.78 is 10.7. The number of benzene rings is 3. The van der Waals surface area contributed by atoms with E-state index in [0.717, 1.165) is 11.4 Å². The Hall–Kier alpha value is -3.98. The first-order chi connectivity index (χ1) is 13.7. The van der Waals surface area contributed by atoms with E-state index >= 15 is 0 Å². The molecule has 3 aromatic rings. The zero-order valence-electron chi connectivity index (χ0n) is 15.3. The summed E-state index contributed by atoms with van der Waals surface area (Å²) in [5.41, 5.74) is 2.75. The van der Waals surface area contributed by atoms with Crippen molar-refractivity contribution in [3.05, 3.63) is 78.4 Å². The maximum Gasteiger partial charge on any atom is 0.262 e. The molecule has 0 aromatic heterocycles. The van der Waals surface area contributed by atoms with E-state index in [0.29, 0.717) is 22.7 Å². The van der Waals surface area contributed by atoms with E-state index in [1.807, 2.05) is 42.5 Å². The lowest BCUT2D eigenvalue weighted by atomic mass is 10.2. The van der Waals surface area contributed by atoms with Crippen molar-refractivity contribution in [3.8, 4) is 17.6 Å². The van der Waals surface area contributed by atoms with Crippen LogP contribution in [0.15, 0.2) is 72.8 Å². The Balaban J connectivity index is 1.56. The standard InChI is InChI=1S/C22H19N3O3/c1-27-20-8-4-5-9-21(20)28-15-22(26)25-18-12-10-17(11-13-18)24-19-7-3-2-6-16(19)14-23/h2-13,24H,15H2,1H3,(H,25,26). The minimum atomic E-state index is -0.276. The van der Waals surface area contributed by atoms with Gasteiger partial charge < -0.3 is 20.1 Å². The van der Waals surface area contributed by atoms with Gasteiger partial charge in [-0.2, -0.15) is 5.26 Å². The van der Waals surface area contributed by atoms with Crippen molar-refractivity contribution in [2.24, 2.45) is 0 Å². The second-order valence-corrected chi connectivity index (χ2v) is 5.85. The largest absolute Gasteiger partial charge is 0.493 e. The van der Waals surface area contributed by atoms with Gasteiger partial charge in [0.2, 0.25) is 0 Å². The lowest BCUT2D eigenvalue weighted by molar-refractivity contribution is -0.118. The quantitative estimate of drug-likeness (QED) is 0.644. The van der Waals surface area contributed by atoms with Gasteiger partial charge in [0.25, 0.3) is 5.91 Å². The molecular weight excluding hydrogens is 354 g/mol. The van der Waals surface area contributed by atoms with E-state index in [9.17, 15) is 4.79 Å². The Kier molecular flexibility index (Phi) is 6.11. The summed E-state index contributed by atoms with van der Waals surface area (Å²) in [5, 5.41) is 15.1. The molecule has 1 amide bonds. The average molecular weight is 373 g/mol. The van der Waals surface area contributed by atoms with E-state index in [4.69, 9.17) is 14.7 Å². The van der Waals surface area contributed by atoms with Crippen molar-refractivity contribution >= 4 is 23.0 Å². The van der Waals surface area contributed by atoms with E-state index in [-0.39, 0.29) is 12.5 Å². The van der Waals surface area contributed by atoms with Crippen LogP contribution in [0.25, 0.3) is 0 Å². The van der Waals surface area contributed by atoms with Crippen molar-refractivity contribution in [3.63, 3.8) is 0 Å². The fourth-order valence-electron chi connectivity index (χ4n) is 2.56. The third kappa shape index (κ3) is 4.80. The Labute approximate surface area is 163 Å². The number of nitriles is 1. The molecule has 2 N–H and O–H groups in total. The number of carbonyl (C=O) groups excluding carboxylic acids is 1. The number of carbonyl (C=O) groups is 1. The second kappa shape index (κ2) is 9.10. The van der Waals surface area contributed by atoms with Gasteiger partial charge in [0.05, 0.1) is 18.4 Å². The number of anilines is 3. The summed E-state index contributed by atoms with van der Waals surface area (Å²) in [4.78, 5) is 12.1. The van der Waals surface area contributed by atoms with Crippen molar-refractivity contribution in [2.45, 2.75) is 0 Å². The molecule has 0 unspecified atom stereocenters. The number of hydrogen-bond acceptors (Lipinski definition) is 5. The minimum absolute atomic E-state index is 0.129. The molecule has 3 rings (SSSR count). The smallest absolute Gasteiger partial charge is 0.262 e. The highest BCUT2D eigenvalue weighted by Crippen LogP contribution is 2.26. The van der Waals surface area contributed by atoms with Crippen LogP contribution in [0, 0.1) is 11.3 Å². The Bertz CT molecular complexity index is 994. The molecule has 0 aliphatic rings. The number of methoxy groups -OCH3 is 1. The number of rotatable bonds is 7. The first-order valence-electron chi connectivity index (χ1n) is 8.61. The molecule has 3 aromatic carbocycles. The maximum absolute atomic E-state index is 12.1. The normalized spacial score (nSPS) is 9.86. The molecular formula is C22H19N3O3. The average Bonchev–Trinajstić information content (AvgIpc) is 2.74. The van der Waals surface area contributed by atoms with Crippen LogP contribution >= 0.6 is 0 Å². The number of hydrogen-bond donors (Lipinski definition) is 2. The summed E-state index contributed by atoms with van der Waals surface area (Å²) in [7, 11) is 1.55. The van der Waals surface area contributed by atoms with E-state index < -0.39 is 0 Å². The van der Waals surface area contributed by atoms with Crippen LogP contribution in [-0.2, 0) is 4.79 Å². The van der Waals surface area contributed by atoms with Crippen molar-refractivity contribution in [1.82, 2.24) is 0 Å². The monoisotopic (exact) mass is 373 g/mol. The number of amides is 1. The minimum Gasteiger partial charge on any atom is -0.493 e. The third-order valence-electron chi connectivity index (χ3n) is 3.92. The maximum atomic E-state index is 12.1. The van der Waals surface area contributed by atoms with Crippen LogP contribution in [0.5, 0.6) is 11.5 Å². The molecule has 0 spiro atoms. The van der Waals surface area contributed by atoms with Gasteiger partial charge in [0.1, 0.15) is 6.07 Å². The van der Waals surface area contributed by atoms with Gasteiger partial charge in [0.15, 0.2) is 18.1 Å². The van der Waals surface area contributed by atoms with Crippen LogP contribution in [-0.4, -0.2) is 19.6 Å². The van der Waals surface area contributed by atoms with Crippen molar-refractivity contribution in [1.29, 1.82) is 5.26 Å². The van der Waals surface area contributed by atoms with Gasteiger partial charge in [0, 0.05) is 11.4 Å². The molecule has 6 nitrogen and oxygen atoms in total. The number of nitrogens with zero attached hydrogens (tertiary/aromatic N) is 1. The highest BCUT2D eigenvalue weighted by atomic mass is 16.5. The molecule has 0 fully saturated rings. The van der Waals surface area contributed by atoms with Crippen LogP contribution in [0.1, 0.15) is 5.56 Å². The fraction of sp³-hybridized carbons (Fsp3) is 0.0909.